The molecule has 0 saturated carbocycles. The molecule has 0 spiro atoms. The Labute approximate surface area is 107 Å². The Hall–Kier alpha value is -2.03. The van der Waals surface area contributed by atoms with Crippen molar-refractivity contribution in [3.05, 3.63) is 42.0 Å². The second-order valence-electron chi connectivity index (χ2n) is 3.42. The van der Waals surface area contributed by atoms with Gasteiger partial charge >= 0.3 is 5.97 Å². The maximum atomic E-state index is 11.3. The van der Waals surface area contributed by atoms with Crippen LogP contribution in [0.4, 0.5) is 0 Å². The van der Waals surface area contributed by atoms with E-state index in [9.17, 15) is 4.79 Å². The third kappa shape index (κ3) is 3.00. The zero-order chi connectivity index (χ0) is 13.5. The number of carbonyl (C=O) groups excluding carboxylic acids is 1. The maximum absolute atomic E-state index is 11.3. The van der Waals surface area contributed by atoms with E-state index in [1.165, 1.54) is 7.11 Å². The molecule has 96 valence electrons. The van der Waals surface area contributed by atoms with Gasteiger partial charge in [0, 0.05) is 0 Å². The first-order valence-electron chi connectivity index (χ1n) is 5.90. The summed E-state index contributed by atoms with van der Waals surface area (Å²) in [6.45, 7) is 4.00. The van der Waals surface area contributed by atoms with Crippen molar-refractivity contribution in [2.24, 2.45) is 0 Å². The number of ether oxygens (including phenoxy) is 2. The second-order valence-corrected chi connectivity index (χ2v) is 3.42. The molecule has 0 saturated heterocycles. The molecule has 0 aliphatic rings. The molecule has 2 aromatic rings. The van der Waals surface area contributed by atoms with Crippen LogP contribution in [0.5, 0.6) is 5.75 Å². The Kier molecular flexibility index (Phi) is 5.18. The van der Waals surface area contributed by atoms with Gasteiger partial charge in [0.1, 0.15) is 5.75 Å². The minimum atomic E-state index is -0.322. The summed E-state index contributed by atoms with van der Waals surface area (Å²) in [7, 11) is 3.00. The quantitative estimate of drug-likeness (QED) is 0.758. The molecule has 0 aromatic heterocycles. The highest BCUT2D eigenvalue weighted by Gasteiger charge is 2.05. The normalized spacial score (nSPS) is 9.33. The second kappa shape index (κ2) is 6.64. The van der Waals surface area contributed by atoms with Gasteiger partial charge in [-0.05, 0) is 35.0 Å². The van der Waals surface area contributed by atoms with Crippen molar-refractivity contribution in [3.63, 3.8) is 0 Å². The van der Waals surface area contributed by atoms with Gasteiger partial charge in [0.2, 0.25) is 0 Å². The van der Waals surface area contributed by atoms with E-state index in [0.717, 1.165) is 16.5 Å². The highest BCUT2D eigenvalue weighted by Crippen LogP contribution is 2.22. The molecule has 18 heavy (non-hydrogen) atoms. The molecule has 0 heterocycles. The summed E-state index contributed by atoms with van der Waals surface area (Å²) in [5, 5.41) is 2.02. The van der Waals surface area contributed by atoms with Gasteiger partial charge in [-0.15, -0.1) is 0 Å². The van der Waals surface area contributed by atoms with Crippen LogP contribution >= 0.6 is 0 Å². The zero-order valence-corrected chi connectivity index (χ0v) is 11.2. The van der Waals surface area contributed by atoms with Crippen LogP contribution in [0, 0.1) is 0 Å². The van der Waals surface area contributed by atoms with Gasteiger partial charge in [0.15, 0.2) is 0 Å². The summed E-state index contributed by atoms with van der Waals surface area (Å²) in [6, 6.07) is 11.1. The molecule has 2 rings (SSSR count). The Morgan fingerprint density at radius 2 is 1.56 bits per heavy atom. The Balaban J connectivity index is 0.000000771. The Morgan fingerprint density at radius 1 is 0.944 bits per heavy atom. The summed E-state index contributed by atoms with van der Waals surface area (Å²) >= 11 is 0. The lowest BCUT2D eigenvalue weighted by atomic mass is 10.1. The molecule has 0 unspecified atom stereocenters. The summed E-state index contributed by atoms with van der Waals surface area (Å²) in [4.78, 5) is 11.3. The van der Waals surface area contributed by atoms with Gasteiger partial charge in [-0.25, -0.2) is 4.79 Å². The average Bonchev–Trinajstić information content (AvgIpc) is 2.47. The molecule has 0 fully saturated rings. The predicted molar refractivity (Wildman–Crippen MR) is 73.2 cm³/mol. The number of fused-ring (bicyclic) bond motifs is 1. The Bertz CT molecular complexity index is 532. The molecule has 0 radical (unpaired) electrons. The fourth-order valence-corrected chi connectivity index (χ4v) is 1.60. The number of hydrogen-bond donors (Lipinski definition) is 0. The number of esters is 1. The van der Waals surface area contributed by atoms with Crippen molar-refractivity contribution < 1.29 is 14.3 Å². The molecule has 0 aliphatic carbocycles. The lowest BCUT2D eigenvalue weighted by molar-refractivity contribution is 0.0601. The molecule has 0 bridgehead atoms. The molecule has 0 amide bonds. The van der Waals surface area contributed by atoms with Crippen molar-refractivity contribution in [3.8, 4) is 5.75 Å². The fraction of sp³-hybridized carbons (Fsp3) is 0.267. The van der Waals surface area contributed by atoms with Crippen LogP contribution in [0.3, 0.4) is 0 Å². The molecule has 2 aromatic carbocycles. The van der Waals surface area contributed by atoms with Crippen molar-refractivity contribution >= 4 is 16.7 Å². The van der Waals surface area contributed by atoms with Crippen molar-refractivity contribution in [2.45, 2.75) is 13.8 Å². The van der Waals surface area contributed by atoms with Crippen LogP contribution in [0.2, 0.25) is 0 Å². The first kappa shape index (κ1) is 14.0. The van der Waals surface area contributed by atoms with Gasteiger partial charge in [-0.3, -0.25) is 0 Å². The number of methoxy groups -OCH3 is 2. The average molecular weight is 246 g/mol. The maximum Gasteiger partial charge on any atom is 0.337 e. The fourth-order valence-electron chi connectivity index (χ4n) is 1.60. The lowest BCUT2D eigenvalue weighted by Crippen LogP contribution is -2.00. The molecule has 3 nitrogen and oxygen atoms in total. The van der Waals surface area contributed by atoms with E-state index in [1.807, 2.05) is 38.1 Å². The predicted octanol–water partition coefficient (Wildman–Crippen LogP) is 3.66. The van der Waals surface area contributed by atoms with Crippen molar-refractivity contribution in [1.29, 1.82) is 0 Å². The zero-order valence-electron chi connectivity index (χ0n) is 11.2. The minimum absolute atomic E-state index is 0.322. The van der Waals surface area contributed by atoms with Crippen molar-refractivity contribution in [2.75, 3.05) is 14.2 Å². The number of rotatable bonds is 2. The summed E-state index contributed by atoms with van der Waals surface area (Å²) in [5.41, 5.74) is 0.556. The van der Waals surface area contributed by atoms with Gasteiger partial charge in [-0.1, -0.05) is 26.0 Å². The van der Waals surface area contributed by atoms with Crippen LogP contribution < -0.4 is 4.74 Å². The van der Waals surface area contributed by atoms with E-state index in [4.69, 9.17) is 4.74 Å². The first-order chi connectivity index (χ1) is 8.74. The van der Waals surface area contributed by atoms with E-state index in [2.05, 4.69) is 4.74 Å². The Morgan fingerprint density at radius 3 is 2.17 bits per heavy atom. The van der Waals surface area contributed by atoms with E-state index in [1.54, 1.807) is 19.2 Å². The third-order valence-corrected chi connectivity index (χ3v) is 2.47. The number of benzene rings is 2. The standard InChI is InChI=1S/C13H12O3.C2H6/c1-15-12-6-5-9-7-11(13(14)16-2)4-3-10(9)8-12;1-2/h3-8H,1-2H3;1-2H3. The lowest BCUT2D eigenvalue weighted by Gasteiger charge is -2.04. The summed E-state index contributed by atoms with van der Waals surface area (Å²) < 4.78 is 9.80. The van der Waals surface area contributed by atoms with Gasteiger partial charge < -0.3 is 9.47 Å². The van der Waals surface area contributed by atoms with E-state index >= 15 is 0 Å². The monoisotopic (exact) mass is 246 g/mol. The number of carbonyl (C=O) groups is 1. The van der Waals surface area contributed by atoms with Crippen LogP contribution in [0.15, 0.2) is 36.4 Å². The van der Waals surface area contributed by atoms with Gasteiger partial charge in [0.05, 0.1) is 19.8 Å². The largest absolute Gasteiger partial charge is 0.497 e. The molecule has 0 aliphatic heterocycles. The topological polar surface area (TPSA) is 35.5 Å². The van der Waals surface area contributed by atoms with Gasteiger partial charge in [0.25, 0.3) is 0 Å². The van der Waals surface area contributed by atoms with Crippen LogP contribution in [0.1, 0.15) is 24.2 Å². The highest BCUT2D eigenvalue weighted by molar-refractivity contribution is 5.95. The highest BCUT2D eigenvalue weighted by atomic mass is 16.5. The SMILES string of the molecule is CC.COC(=O)c1ccc2cc(OC)ccc2c1. The smallest absolute Gasteiger partial charge is 0.337 e. The van der Waals surface area contributed by atoms with Crippen LogP contribution in [0.25, 0.3) is 10.8 Å². The molecule has 0 atom stereocenters. The first-order valence-corrected chi connectivity index (χ1v) is 5.90. The minimum Gasteiger partial charge on any atom is -0.497 e. The third-order valence-electron chi connectivity index (χ3n) is 2.47. The van der Waals surface area contributed by atoms with Crippen LogP contribution in [-0.4, -0.2) is 20.2 Å². The van der Waals surface area contributed by atoms with E-state index in [-0.39, 0.29) is 5.97 Å². The van der Waals surface area contributed by atoms with Crippen molar-refractivity contribution in [1.82, 2.24) is 0 Å². The molecule has 0 N–H and O–H groups in total. The van der Waals surface area contributed by atoms with Crippen LogP contribution in [-0.2, 0) is 4.74 Å². The number of hydrogen-bond acceptors (Lipinski definition) is 3. The summed E-state index contributed by atoms with van der Waals surface area (Å²) in [6.07, 6.45) is 0. The van der Waals surface area contributed by atoms with Gasteiger partial charge in [-0.2, -0.15) is 0 Å². The molecular weight excluding hydrogens is 228 g/mol. The van der Waals surface area contributed by atoms with E-state index < -0.39 is 0 Å². The van der Waals surface area contributed by atoms with E-state index in [0.29, 0.717) is 5.56 Å². The molecule has 3 heteroatoms. The summed E-state index contributed by atoms with van der Waals surface area (Å²) in [5.74, 6) is 0.482. The molecular formula is C15H18O3.